The smallest absolute Gasteiger partial charge is 0.123 e. The van der Waals surface area contributed by atoms with E-state index >= 15 is 0 Å². The molecule has 0 heterocycles. The fourth-order valence-corrected chi connectivity index (χ4v) is 2.49. The van der Waals surface area contributed by atoms with E-state index in [4.69, 9.17) is 4.74 Å². The van der Waals surface area contributed by atoms with Gasteiger partial charge in [0.1, 0.15) is 18.1 Å². The van der Waals surface area contributed by atoms with Gasteiger partial charge < -0.3 is 15.2 Å². The van der Waals surface area contributed by atoms with Crippen molar-refractivity contribution in [3.05, 3.63) is 84.4 Å². The van der Waals surface area contributed by atoms with Crippen molar-refractivity contribution in [2.45, 2.75) is 6.54 Å². The minimum absolute atomic E-state index is 0.221. The van der Waals surface area contributed by atoms with Crippen LogP contribution < -0.4 is 10.1 Å². The number of hydrogen-bond donors (Lipinski definition) is 2. The second-order valence-electron chi connectivity index (χ2n) is 5.59. The average Bonchev–Trinajstić information content (AvgIpc) is 2.63. The van der Waals surface area contributed by atoms with Gasteiger partial charge in [-0.1, -0.05) is 60.7 Å². The number of rotatable bonds is 7. The summed E-state index contributed by atoms with van der Waals surface area (Å²) < 4.78 is 5.58. The Hall–Kier alpha value is -2.78. The summed E-state index contributed by atoms with van der Waals surface area (Å²) in [5, 5.41) is 12.7. The van der Waals surface area contributed by atoms with E-state index in [1.165, 1.54) is 16.7 Å². The van der Waals surface area contributed by atoms with Gasteiger partial charge in [-0.2, -0.15) is 0 Å². The molecule has 3 heteroatoms. The molecule has 0 aliphatic rings. The Morgan fingerprint density at radius 3 is 2.29 bits per heavy atom. The van der Waals surface area contributed by atoms with E-state index in [-0.39, 0.29) is 5.75 Å². The number of nitrogens with one attached hydrogen (secondary N) is 1. The highest BCUT2D eigenvalue weighted by molar-refractivity contribution is 5.63. The van der Waals surface area contributed by atoms with E-state index in [2.05, 4.69) is 53.8 Å². The lowest BCUT2D eigenvalue weighted by Gasteiger charge is -2.08. The molecule has 0 saturated carbocycles. The fraction of sp³-hybridized carbons (Fsp3) is 0.143. The number of ether oxygens (including phenoxy) is 1. The van der Waals surface area contributed by atoms with Gasteiger partial charge in [0.15, 0.2) is 0 Å². The van der Waals surface area contributed by atoms with Crippen LogP contribution in [0.5, 0.6) is 11.5 Å². The lowest BCUT2D eigenvalue weighted by Crippen LogP contribution is -2.20. The molecule has 0 amide bonds. The number of phenols is 1. The van der Waals surface area contributed by atoms with Crippen LogP contribution in [0.1, 0.15) is 5.56 Å². The highest BCUT2D eigenvalue weighted by Crippen LogP contribution is 2.19. The summed E-state index contributed by atoms with van der Waals surface area (Å²) in [6.45, 7) is 2.11. The molecule has 3 aromatic carbocycles. The average molecular weight is 319 g/mol. The molecule has 0 spiro atoms. The van der Waals surface area contributed by atoms with Gasteiger partial charge in [-0.05, 0) is 28.8 Å². The Balaban J connectivity index is 1.42. The van der Waals surface area contributed by atoms with Crippen LogP contribution in [-0.4, -0.2) is 18.3 Å². The first kappa shape index (κ1) is 16.1. The molecule has 0 aromatic heterocycles. The zero-order valence-electron chi connectivity index (χ0n) is 13.5. The molecule has 3 rings (SSSR count). The molecule has 0 radical (unpaired) electrons. The number of phenolic OH excluding ortho intramolecular Hbond substituents is 1. The third-order valence-electron chi connectivity index (χ3n) is 3.76. The maximum atomic E-state index is 9.37. The van der Waals surface area contributed by atoms with Gasteiger partial charge in [0.25, 0.3) is 0 Å². The molecule has 122 valence electrons. The molecular weight excluding hydrogens is 298 g/mol. The van der Waals surface area contributed by atoms with E-state index in [9.17, 15) is 5.11 Å². The van der Waals surface area contributed by atoms with Crippen molar-refractivity contribution >= 4 is 0 Å². The van der Waals surface area contributed by atoms with E-state index in [1.807, 2.05) is 12.1 Å². The third kappa shape index (κ3) is 4.61. The Labute approximate surface area is 142 Å². The zero-order valence-corrected chi connectivity index (χ0v) is 13.5. The standard InChI is InChI=1S/C21H21NO2/c23-20-7-4-8-21(15-20)24-14-13-22-16-17-9-11-19(12-10-17)18-5-2-1-3-6-18/h1-12,15,22-23H,13-14,16H2. The van der Waals surface area contributed by atoms with E-state index in [0.717, 1.165) is 13.1 Å². The molecule has 3 nitrogen and oxygen atoms in total. The summed E-state index contributed by atoms with van der Waals surface area (Å²) in [6, 6.07) is 25.8. The molecule has 0 bridgehead atoms. The summed E-state index contributed by atoms with van der Waals surface area (Å²) in [5.41, 5.74) is 3.70. The first-order valence-corrected chi connectivity index (χ1v) is 8.08. The van der Waals surface area contributed by atoms with Gasteiger partial charge in [-0.15, -0.1) is 0 Å². The highest BCUT2D eigenvalue weighted by Gasteiger charge is 1.98. The molecule has 0 aliphatic carbocycles. The van der Waals surface area contributed by atoms with Crippen LogP contribution in [0, 0.1) is 0 Å². The number of aromatic hydroxyl groups is 1. The van der Waals surface area contributed by atoms with Crippen molar-refractivity contribution in [3.8, 4) is 22.6 Å². The summed E-state index contributed by atoms with van der Waals surface area (Å²) in [4.78, 5) is 0. The van der Waals surface area contributed by atoms with Gasteiger partial charge in [0.05, 0.1) is 0 Å². The summed E-state index contributed by atoms with van der Waals surface area (Å²) in [5.74, 6) is 0.906. The largest absolute Gasteiger partial charge is 0.508 e. The van der Waals surface area contributed by atoms with Crippen molar-refractivity contribution in [2.75, 3.05) is 13.2 Å². The van der Waals surface area contributed by atoms with Crippen molar-refractivity contribution in [1.29, 1.82) is 0 Å². The predicted octanol–water partition coefficient (Wildman–Crippen LogP) is 4.23. The molecule has 0 aliphatic heterocycles. The van der Waals surface area contributed by atoms with E-state index in [0.29, 0.717) is 12.4 Å². The van der Waals surface area contributed by atoms with Crippen LogP contribution in [0.3, 0.4) is 0 Å². The van der Waals surface area contributed by atoms with Crippen LogP contribution in [0.25, 0.3) is 11.1 Å². The fourth-order valence-electron chi connectivity index (χ4n) is 2.49. The molecule has 0 unspecified atom stereocenters. The van der Waals surface area contributed by atoms with Crippen LogP contribution in [0.4, 0.5) is 0 Å². The lowest BCUT2D eigenvalue weighted by atomic mass is 10.0. The van der Waals surface area contributed by atoms with Crippen LogP contribution in [0.15, 0.2) is 78.9 Å². The number of benzene rings is 3. The van der Waals surface area contributed by atoms with E-state index < -0.39 is 0 Å². The molecular formula is C21H21NO2. The maximum Gasteiger partial charge on any atom is 0.123 e. The quantitative estimate of drug-likeness (QED) is 0.640. The monoisotopic (exact) mass is 319 g/mol. The van der Waals surface area contributed by atoms with Gasteiger partial charge in [0.2, 0.25) is 0 Å². The highest BCUT2D eigenvalue weighted by atomic mass is 16.5. The van der Waals surface area contributed by atoms with Crippen molar-refractivity contribution in [3.63, 3.8) is 0 Å². The van der Waals surface area contributed by atoms with Gasteiger partial charge in [-0.3, -0.25) is 0 Å². The summed E-state index contributed by atoms with van der Waals surface area (Å²) in [7, 11) is 0. The summed E-state index contributed by atoms with van der Waals surface area (Å²) in [6.07, 6.45) is 0. The predicted molar refractivity (Wildman–Crippen MR) is 97.2 cm³/mol. The van der Waals surface area contributed by atoms with Crippen LogP contribution >= 0.6 is 0 Å². The topological polar surface area (TPSA) is 41.5 Å². The molecule has 24 heavy (non-hydrogen) atoms. The van der Waals surface area contributed by atoms with Gasteiger partial charge in [-0.25, -0.2) is 0 Å². The number of hydrogen-bond acceptors (Lipinski definition) is 3. The minimum Gasteiger partial charge on any atom is -0.508 e. The maximum absolute atomic E-state index is 9.37. The molecule has 2 N–H and O–H groups in total. The Morgan fingerprint density at radius 1 is 0.792 bits per heavy atom. The second kappa shape index (κ2) is 8.18. The van der Waals surface area contributed by atoms with Crippen LogP contribution in [-0.2, 0) is 6.54 Å². The Kier molecular flexibility index (Phi) is 5.48. The molecule has 3 aromatic rings. The SMILES string of the molecule is Oc1cccc(OCCNCc2ccc(-c3ccccc3)cc2)c1. The first-order chi connectivity index (χ1) is 11.8. The minimum atomic E-state index is 0.221. The van der Waals surface area contributed by atoms with Crippen molar-refractivity contribution in [1.82, 2.24) is 5.32 Å². The second-order valence-corrected chi connectivity index (χ2v) is 5.59. The third-order valence-corrected chi connectivity index (χ3v) is 3.76. The Bertz CT molecular complexity index is 754. The molecule has 0 fully saturated rings. The van der Waals surface area contributed by atoms with Gasteiger partial charge in [0, 0.05) is 19.2 Å². The summed E-state index contributed by atoms with van der Waals surface area (Å²) >= 11 is 0. The Morgan fingerprint density at radius 2 is 1.54 bits per heavy atom. The molecule has 0 saturated heterocycles. The van der Waals surface area contributed by atoms with Crippen LogP contribution in [0.2, 0.25) is 0 Å². The van der Waals surface area contributed by atoms with Gasteiger partial charge >= 0.3 is 0 Å². The zero-order chi connectivity index (χ0) is 16.6. The van der Waals surface area contributed by atoms with E-state index in [1.54, 1.807) is 18.2 Å². The van der Waals surface area contributed by atoms with Crippen molar-refractivity contribution < 1.29 is 9.84 Å². The lowest BCUT2D eigenvalue weighted by molar-refractivity contribution is 0.312. The first-order valence-electron chi connectivity index (χ1n) is 8.08. The van der Waals surface area contributed by atoms with Crippen molar-refractivity contribution in [2.24, 2.45) is 0 Å². The normalized spacial score (nSPS) is 10.5. The molecule has 0 atom stereocenters.